The number of rotatable bonds is 5. The third kappa shape index (κ3) is 2.64. The normalized spacial score (nSPS) is 11.9. The Hall–Kier alpha value is -1.75. The third-order valence-corrected chi connectivity index (χ3v) is 2.11. The molecule has 0 aliphatic carbocycles. The number of nitrogens with two attached hydrogens (primary N) is 1. The van der Waals surface area contributed by atoms with Crippen LogP contribution in [-0.2, 0) is 4.79 Å². The fourth-order valence-electron chi connectivity index (χ4n) is 1.30. The molecule has 88 valence electrons. The molecule has 1 unspecified atom stereocenters. The van der Waals surface area contributed by atoms with E-state index >= 15 is 0 Å². The quantitative estimate of drug-likeness (QED) is 0.786. The van der Waals surface area contributed by atoms with Gasteiger partial charge in [0, 0.05) is 0 Å². The van der Waals surface area contributed by atoms with Gasteiger partial charge in [0.15, 0.2) is 11.5 Å². The Balaban J connectivity index is 3.05. The standard InChI is InChI=1S/C11H15NO4/c1-3-16-9-6-7(10(12)11(13)14)4-5-8(9)15-2/h4-6,10H,3,12H2,1-2H3,(H,13,14). The number of methoxy groups -OCH3 is 1. The van der Waals surface area contributed by atoms with E-state index in [1.54, 1.807) is 18.2 Å². The van der Waals surface area contributed by atoms with E-state index in [-0.39, 0.29) is 0 Å². The maximum absolute atomic E-state index is 10.7. The lowest BCUT2D eigenvalue weighted by molar-refractivity contribution is -0.138. The van der Waals surface area contributed by atoms with Crippen LogP contribution in [0.5, 0.6) is 11.5 Å². The zero-order valence-electron chi connectivity index (χ0n) is 9.27. The lowest BCUT2D eigenvalue weighted by atomic mass is 10.1. The van der Waals surface area contributed by atoms with Gasteiger partial charge in [-0.05, 0) is 24.6 Å². The van der Waals surface area contributed by atoms with E-state index in [0.29, 0.717) is 23.7 Å². The van der Waals surface area contributed by atoms with Crippen molar-refractivity contribution in [3.63, 3.8) is 0 Å². The number of benzene rings is 1. The molecule has 0 aromatic heterocycles. The topological polar surface area (TPSA) is 81.8 Å². The van der Waals surface area contributed by atoms with Crippen molar-refractivity contribution in [3.8, 4) is 11.5 Å². The molecular weight excluding hydrogens is 210 g/mol. The van der Waals surface area contributed by atoms with Gasteiger partial charge in [-0.1, -0.05) is 6.07 Å². The number of carbonyl (C=O) groups is 1. The second-order valence-corrected chi connectivity index (χ2v) is 3.16. The molecule has 16 heavy (non-hydrogen) atoms. The number of aliphatic carboxylic acids is 1. The van der Waals surface area contributed by atoms with Crippen molar-refractivity contribution in [1.82, 2.24) is 0 Å². The highest BCUT2D eigenvalue weighted by Gasteiger charge is 2.16. The smallest absolute Gasteiger partial charge is 0.325 e. The van der Waals surface area contributed by atoms with Gasteiger partial charge in [0.05, 0.1) is 13.7 Å². The Kier molecular flexibility index (Phi) is 4.13. The third-order valence-electron chi connectivity index (χ3n) is 2.11. The highest BCUT2D eigenvalue weighted by molar-refractivity contribution is 5.75. The second-order valence-electron chi connectivity index (χ2n) is 3.16. The van der Waals surface area contributed by atoms with E-state index < -0.39 is 12.0 Å². The van der Waals surface area contributed by atoms with Gasteiger partial charge in [-0.15, -0.1) is 0 Å². The van der Waals surface area contributed by atoms with Crippen LogP contribution in [0.15, 0.2) is 18.2 Å². The molecule has 0 heterocycles. The summed E-state index contributed by atoms with van der Waals surface area (Å²) < 4.78 is 10.4. The Bertz CT molecular complexity index is 378. The molecule has 3 N–H and O–H groups in total. The minimum Gasteiger partial charge on any atom is -0.493 e. The molecule has 0 fully saturated rings. The molecule has 0 aliphatic heterocycles. The van der Waals surface area contributed by atoms with Crippen LogP contribution >= 0.6 is 0 Å². The molecular formula is C11H15NO4. The van der Waals surface area contributed by atoms with Crippen molar-refractivity contribution in [2.75, 3.05) is 13.7 Å². The summed E-state index contributed by atoms with van der Waals surface area (Å²) in [6.45, 7) is 2.31. The summed E-state index contributed by atoms with van der Waals surface area (Å²) in [5.41, 5.74) is 5.98. The maximum Gasteiger partial charge on any atom is 0.325 e. The van der Waals surface area contributed by atoms with Crippen molar-refractivity contribution in [1.29, 1.82) is 0 Å². The minimum atomic E-state index is -1.08. The van der Waals surface area contributed by atoms with E-state index in [4.69, 9.17) is 20.3 Å². The van der Waals surface area contributed by atoms with E-state index in [9.17, 15) is 4.79 Å². The molecule has 0 bridgehead atoms. The summed E-state index contributed by atoms with van der Waals surface area (Å²) in [6, 6.07) is 3.79. The van der Waals surface area contributed by atoms with Crippen LogP contribution in [0.4, 0.5) is 0 Å². The first-order valence-electron chi connectivity index (χ1n) is 4.89. The monoisotopic (exact) mass is 225 g/mol. The molecule has 0 amide bonds. The molecule has 5 nitrogen and oxygen atoms in total. The highest BCUT2D eigenvalue weighted by atomic mass is 16.5. The van der Waals surface area contributed by atoms with E-state index in [1.807, 2.05) is 6.92 Å². The molecule has 0 aliphatic rings. The zero-order valence-corrected chi connectivity index (χ0v) is 9.27. The first kappa shape index (κ1) is 12.3. The lowest BCUT2D eigenvalue weighted by Crippen LogP contribution is -2.20. The molecule has 0 spiro atoms. The summed E-state index contributed by atoms with van der Waals surface area (Å²) in [6.07, 6.45) is 0. The Morgan fingerprint density at radius 3 is 2.69 bits per heavy atom. The van der Waals surface area contributed by atoms with Crippen molar-refractivity contribution in [2.45, 2.75) is 13.0 Å². The average molecular weight is 225 g/mol. The van der Waals surface area contributed by atoms with E-state index in [2.05, 4.69) is 0 Å². The molecule has 0 saturated carbocycles. The maximum atomic E-state index is 10.7. The van der Waals surface area contributed by atoms with Crippen LogP contribution in [0.3, 0.4) is 0 Å². The van der Waals surface area contributed by atoms with Gasteiger partial charge in [0.1, 0.15) is 6.04 Å². The SMILES string of the molecule is CCOc1cc(C(N)C(=O)O)ccc1OC. The summed E-state index contributed by atoms with van der Waals surface area (Å²) in [5, 5.41) is 8.79. The van der Waals surface area contributed by atoms with Crippen molar-refractivity contribution >= 4 is 5.97 Å². The molecule has 5 heteroatoms. The van der Waals surface area contributed by atoms with Gasteiger partial charge in [-0.25, -0.2) is 0 Å². The molecule has 0 saturated heterocycles. The molecule has 1 atom stereocenters. The summed E-state index contributed by atoms with van der Waals surface area (Å²) in [5.74, 6) is -0.0185. The van der Waals surface area contributed by atoms with Crippen LogP contribution in [0, 0.1) is 0 Å². The summed E-state index contributed by atoms with van der Waals surface area (Å²) in [7, 11) is 1.52. The average Bonchev–Trinajstić information content (AvgIpc) is 2.28. The van der Waals surface area contributed by atoms with Gasteiger partial charge >= 0.3 is 5.97 Å². The van der Waals surface area contributed by atoms with Crippen LogP contribution in [0.1, 0.15) is 18.5 Å². The van der Waals surface area contributed by atoms with E-state index in [0.717, 1.165) is 0 Å². The summed E-state index contributed by atoms with van der Waals surface area (Å²) in [4.78, 5) is 10.7. The highest BCUT2D eigenvalue weighted by Crippen LogP contribution is 2.29. The Morgan fingerprint density at radius 1 is 1.50 bits per heavy atom. The number of hydrogen-bond acceptors (Lipinski definition) is 4. The largest absolute Gasteiger partial charge is 0.493 e. The lowest BCUT2D eigenvalue weighted by Gasteiger charge is -2.12. The van der Waals surface area contributed by atoms with Crippen molar-refractivity contribution in [3.05, 3.63) is 23.8 Å². The predicted octanol–water partition coefficient (Wildman–Crippen LogP) is 1.18. The molecule has 1 rings (SSSR count). The van der Waals surface area contributed by atoms with Crippen LogP contribution < -0.4 is 15.2 Å². The molecule has 0 radical (unpaired) electrons. The fraction of sp³-hybridized carbons (Fsp3) is 0.364. The first-order valence-corrected chi connectivity index (χ1v) is 4.89. The second kappa shape index (κ2) is 5.37. The van der Waals surface area contributed by atoms with Crippen LogP contribution in [0.2, 0.25) is 0 Å². The number of carboxylic acid groups (broad SMARTS) is 1. The molecule has 1 aromatic rings. The first-order chi connectivity index (χ1) is 7.60. The van der Waals surface area contributed by atoms with Crippen LogP contribution in [-0.4, -0.2) is 24.8 Å². The van der Waals surface area contributed by atoms with E-state index in [1.165, 1.54) is 7.11 Å². The van der Waals surface area contributed by atoms with Gasteiger partial charge < -0.3 is 20.3 Å². The zero-order chi connectivity index (χ0) is 12.1. The fourth-order valence-corrected chi connectivity index (χ4v) is 1.30. The Labute approximate surface area is 93.8 Å². The predicted molar refractivity (Wildman–Crippen MR) is 58.7 cm³/mol. The van der Waals surface area contributed by atoms with Gasteiger partial charge in [0.2, 0.25) is 0 Å². The molecule has 1 aromatic carbocycles. The van der Waals surface area contributed by atoms with Gasteiger partial charge in [-0.3, -0.25) is 4.79 Å². The summed E-state index contributed by atoms with van der Waals surface area (Å²) >= 11 is 0. The van der Waals surface area contributed by atoms with Crippen molar-refractivity contribution < 1.29 is 19.4 Å². The number of hydrogen-bond donors (Lipinski definition) is 2. The van der Waals surface area contributed by atoms with Gasteiger partial charge in [0.25, 0.3) is 0 Å². The number of ether oxygens (including phenoxy) is 2. The van der Waals surface area contributed by atoms with Crippen LogP contribution in [0.25, 0.3) is 0 Å². The number of carboxylic acids is 1. The van der Waals surface area contributed by atoms with Crippen molar-refractivity contribution in [2.24, 2.45) is 5.73 Å². The Morgan fingerprint density at radius 2 is 2.19 bits per heavy atom. The van der Waals surface area contributed by atoms with Gasteiger partial charge in [-0.2, -0.15) is 0 Å². The minimum absolute atomic E-state index is 0.474.